The van der Waals surface area contributed by atoms with E-state index in [1.54, 1.807) is 0 Å². The first-order valence-electron chi connectivity index (χ1n) is 4.46. The Labute approximate surface area is 87.7 Å². The molecule has 1 unspecified atom stereocenters. The molecule has 76 valence electrons. The summed E-state index contributed by atoms with van der Waals surface area (Å²) in [6, 6.07) is 0.605. The largest absolute Gasteiger partial charge is 0.314 e. The molecule has 1 atom stereocenters. The Morgan fingerprint density at radius 2 is 1.83 bits per heavy atom. The van der Waals surface area contributed by atoms with E-state index in [4.69, 9.17) is 11.6 Å². The van der Waals surface area contributed by atoms with Crippen LogP contribution >= 0.6 is 24.0 Å². The van der Waals surface area contributed by atoms with Gasteiger partial charge in [0.1, 0.15) is 0 Å². The summed E-state index contributed by atoms with van der Waals surface area (Å²) < 4.78 is 0. The molecule has 0 aliphatic rings. The molecule has 0 radical (unpaired) electrons. The Bertz CT molecular complexity index is 86.6. The normalized spacial score (nSPS) is 12.8. The Balaban J connectivity index is 0. The molecule has 0 bridgehead atoms. The average molecular weight is 214 g/mol. The monoisotopic (exact) mass is 213 g/mol. The third kappa shape index (κ3) is 10.5. The molecule has 12 heavy (non-hydrogen) atoms. The van der Waals surface area contributed by atoms with Gasteiger partial charge >= 0.3 is 0 Å². The lowest BCUT2D eigenvalue weighted by molar-refractivity contribution is 0.450. The summed E-state index contributed by atoms with van der Waals surface area (Å²) >= 11 is 5.59. The highest BCUT2D eigenvalue weighted by atomic mass is 35.5. The molecule has 0 aliphatic carbocycles. The zero-order chi connectivity index (χ0) is 8.69. The second kappa shape index (κ2) is 9.63. The third-order valence-electron chi connectivity index (χ3n) is 1.71. The summed E-state index contributed by atoms with van der Waals surface area (Å²) in [4.78, 5) is 0. The average Bonchev–Trinajstić information content (AvgIpc) is 1.97. The van der Waals surface area contributed by atoms with E-state index in [-0.39, 0.29) is 12.4 Å². The Morgan fingerprint density at radius 3 is 2.25 bits per heavy atom. The zero-order valence-corrected chi connectivity index (χ0v) is 9.84. The van der Waals surface area contributed by atoms with Crippen molar-refractivity contribution in [3.63, 3.8) is 0 Å². The van der Waals surface area contributed by atoms with Gasteiger partial charge in [-0.25, -0.2) is 0 Å². The molecule has 0 spiro atoms. The fourth-order valence-corrected chi connectivity index (χ4v) is 1.12. The van der Waals surface area contributed by atoms with E-state index in [0.29, 0.717) is 6.04 Å². The molecule has 0 saturated carbocycles. The molecular weight excluding hydrogens is 193 g/mol. The van der Waals surface area contributed by atoms with Crippen molar-refractivity contribution in [1.82, 2.24) is 5.32 Å². The number of nitrogens with one attached hydrogen (secondary N) is 1. The van der Waals surface area contributed by atoms with Gasteiger partial charge in [-0.15, -0.1) is 24.0 Å². The third-order valence-corrected chi connectivity index (χ3v) is 1.97. The van der Waals surface area contributed by atoms with Crippen molar-refractivity contribution < 1.29 is 0 Å². The van der Waals surface area contributed by atoms with E-state index in [9.17, 15) is 0 Å². The van der Waals surface area contributed by atoms with Crippen LogP contribution in [0.25, 0.3) is 0 Å². The molecule has 0 amide bonds. The highest BCUT2D eigenvalue weighted by molar-refractivity contribution is 6.17. The van der Waals surface area contributed by atoms with Crippen molar-refractivity contribution in [3.05, 3.63) is 0 Å². The van der Waals surface area contributed by atoms with Gasteiger partial charge in [-0.05, 0) is 25.3 Å². The van der Waals surface area contributed by atoms with Crippen molar-refractivity contribution in [2.75, 3.05) is 12.4 Å². The summed E-state index contributed by atoms with van der Waals surface area (Å²) in [5.41, 5.74) is 0. The van der Waals surface area contributed by atoms with Gasteiger partial charge in [-0.2, -0.15) is 0 Å². The quantitative estimate of drug-likeness (QED) is 0.670. The van der Waals surface area contributed by atoms with E-state index in [2.05, 4.69) is 26.1 Å². The fourth-order valence-electron chi connectivity index (χ4n) is 0.965. The smallest absolute Gasteiger partial charge is 0.0223 e. The lowest BCUT2D eigenvalue weighted by atomic mass is 10.1. The molecule has 0 saturated heterocycles. The standard InChI is InChI=1S/C9H20ClN.ClH/c1-8(2)11-7-9(3)5-4-6-10;/h8-9,11H,4-7H2,1-3H3;1H. The van der Waals surface area contributed by atoms with Crippen molar-refractivity contribution in [2.24, 2.45) is 5.92 Å². The summed E-state index contributed by atoms with van der Waals surface area (Å²) in [6.07, 6.45) is 2.38. The Kier molecular flexibility index (Phi) is 12.1. The molecule has 0 aromatic carbocycles. The van der Waals surface area contributed by atoms with Crippen LogP contribution in [0.4, 0.5) is 0 Å². The van der Waals surface area contributed by atoms with E-state index >= 15 is 0 Å². The second-order valence-corrected chi connectivity index (χ2v) is 3.88. The minimum atomic E-state index is 0. The van der Waals surface area contributed by atoms with Gasteiger partial charge in [-0.3, -0.25) is 0 Å². The van der Waals surface area contributed by atoms with E-state index < -0.39 is 0 Å². The van der Waals surface area contributed by atoms with Crippen LogP contribution < -0.4 is 5.32 Å². The first-order valence-corrected chi connectivity index (χ1v) is 4.99. The zero-order valence-electron chi connectivity index (χ0n) is 8.27. The van der Waals surface area contributed by atoms with Crippen LogP contribution in [0.5, 0.6) is 0 Å². The van der Waals surface area contributed by atoms with Gasteiger partial charge in [0.15, 0.2) is 0 Å². The van der Waals surface area contributed by atoms with Gasteiger partial charge in [0.05, 0.1) is 0 Å². The number of alkyl halides is 1. The highest BCUT2D eigenvalue weighted by Crippen LogP contribution is 2.04. The van der Waals surface area contributed by atoms with E-state index in [1.807, 2.05) is 0 Å². The summed E-state index contributed by atoms with van der Waals surface area (Å²) in [5.74, 6) is 1.56. The molecule has 1 N–H and O–H groups in total. The topological polar surface area (TPSA) is 12.0 Å². The van der Waals surface area contributed by atoms with Gasteiger partial charge in [-0.1, -0.05) is 20.8 Å². The van der Waals surface area contributed by atoms with Crippen LogP contribution in [0.1, 0.15) is 33.6 Å². The van der Waals surface area contributed by atoms with Crippen molar-refractivity contribution >= 4 is 24.0 Å². The van der Waals surface area contributed by atoms with Crippen molar-refractivity contribution in [2.45, 2.75) is 39.7 Å². The van der Waals surface area contributed by atoms with Crippen LogP contribution in [0, 0.1) is 5.92 Å². The SMILES string of the molecule is CC(CCCCl)CNC(C)C.Cl. The highest BCUT2D eigenvalue weighted by Gasteiger charge is 2.01. The molecule has 1 nitrogen and oxygen atoms in total. The molecule has 0 aromatic heterocycles. The Morgan fingerprint density at radius 1 is 1.25 bits per heavy atom. The maximum absolute atomic E-state index is 5.59. The van der Waals surface area contributed by atoms with Crippen LogP contribution in [-0.4, -0.2) is 18.5 Å². The van der Waals surface area contributed by atoms with Gasteiger partial charge in [0, 0.05) is 11.9 Å². The van der Waals surface area contributed by atoms with Crippen molar-refractivity contribution in [3.8, 4) is 0 Å². The van der Waals surface area contributed by atoms with Crippen LogP contribution in [0.2, 0.25) is 0 Å². The second-order valence-electron chi connectivity index (χ2n) is 3.50. The number of hydrogen-bond donors (Lipinski definition) is 1. The molecule has 3 heteroatoms. The number of hydrogen-bond acceptors (Lipinski definition) is 1. The maximum atomic E-state index is 5.59. The van der Waals surface area contributed by atoms with Crippen LogP contribution in [0.15, 0.2) is 0 Å². The lowest BCUT2D eigenvalue weighted by Crippen LogP contribution is -2.27. The number of rotatable bonds is 6. The minimum Gasteiger partial charge on any atom is -0.314 e. The lowest BCUT2D eigenvalue weighted by Gasteiger charge is -2.13. The van der Waals surface area contributed by atoms with Gasteiger partial charge < -0.3 is 5.32 Å². The van der Waals surface area contributed by atoms with Crippen LogP contribution in [0.3, 0.4) is 0 Å². The predicted octanol–water partition coefficient (Wildman–Crippen LogP) is 3.06. The fraction of sp³-hybridized carbons (Fsp3) is 1.00. The minimum absolute atomic E-state index is 0. The summed E-state index contributed by atoms with van der Waals surface area (Å²) in [7, 11) is 0. The number of halogens is 2. The van der Waals surface area contributed by atoms with E-state index in [0.717, 1.165) is 24.8 Å². The molecule has 0 rings (SSSR count). The van der Waals surface area contributed by atoms with Gasteiger partial charge in [0.2, 0.25) is 0 Å². The Hall–Kier alpha value is 0.540. The molecule has 0 aromatic rings. The van der Waals surface area contributed by atoms with Crippen molar-refractivity contribution in [1.29, 1.82) is 0 Å². The van der Waals surface area contributed by atoms with Crippen LogP contribution in [-0.2, 0) is 0 Å². The predicted molar refractivity (Wildman–Crippen MR) is 59.5 cm³/mol. The van der Waals surface area contributed by atoms with Gasteiger partial charge in [0.25, 0.3) is 0 Å². The first-order chi connectivity index (χ1) is 5.16. The van der Waals surface area contributed by atoms with E-state index in [1.165, 1.54) is 6.42 Å². The molecule has 0 aliphatic heterocycles. The maximum Gasteiger partial charge on any atom is 0.0223 e. The molecular formula is C9H21Cl2N. The summed E-state index contributed by atoms with van der Waals surface area (Å²) in [5, 5.41) is 3.41. The molecule has 0 fully saturated rings. The first kappa shape index (κ1) is 15.0. The molecule has 0 heterocycles. The summed E-state index contributed by atoms with van der Waals surface area (Å²) in [6.45, 7) is 7.74.